The first-order chi connectivity index (χ1) is 13.6. The zero-order valence-corrected chi connectivity index (χ0v) is 15.3. The summed E-state index contributed by atoms with van der Waals surface area (Å²) in [6.07, 6.45) is 1.67. The van der Waals surface area contributed by atoms with Crippen molar-refractivity contribution in [2.45, 2.75) is 0 Å². The Balaban J connectivity index is 1.66. The molecule has 2 heterocycles. The third-order valence-electron chi connectivity index (χ3n) is 4.71. The lowest BCUT2D eigenvalue weighted by molar-refractivity contribution is -0.135. The third kappa shape index (κ3) is 3.70. The fraction of sp³-hybridized carbons (Fsp3) is 0.238. The standard InChI is InChI=1S/C21H21N3O4/c22-16-6-7-17-18(13-16)28-19(12-15-4-2-1-3-5-15)21(26)24(17)14-20(25)23-8-10-27-11-9-23/h1-7,12-13H,8-11,14,22H2/b19-12+. The summed E-state index contributed by atoms with van der Waals surface area (Å²) in [5.41, 5.74) is 7.77. The fourth-order valence-corrected chi connectivity index (χ4v) is 3.24. The Bertz CT molecular complexity index is 921. The van der Waals surface area contributed by atoms with Crippen LogP contribution in [0.2, 0.25) is 0 Å². The lowest BCUT2D eigenvalue weighted by Crippen LogP contribution is -2.48. The lowest BCUT2D eigenvalue weighted by atomic mass is 10.1. The van der Waals surface area contributed by atoms with E-state index in [4.69, 9.17) is 15.2 Å². The van der Waals surface area contributed by atoms with Crippen LogP contribution in [-0.4, -0.2) is 49.6 Å². The molecule has 2 aliphatic rings. The van der Waals surface area contributed by atoms with Crippen molar-refractivity contribution in [3.05, 3.63) is 59.9 Å². The van der Waals surface area contributed by atoms with Gasteiger partial charge in [0.05, 0.1) is 18.9 Å². The Kier molecular flexibility index (Phi) is 4.99. The van der Waals surface area contributed by atoms with Gasteiger partial charge >= 0.3 is 0 Å². The molecule has 2 aromatic carbocycles. The largest absolute Gasteiger partial charge is 0.449 e. The smallest absolute Gasteiger partial charge is 0.294 e. The Morgan fingerprint density at radius 1 is 1.11 bits per heavy atom. The van der Waals surface area contributed by atoms with Gasteiger partial charge in [-0.1, -0.05) is 30.3 Å². The Morgan fingerprint density at radius 3 is 2.61 bits per heavy atom. The van der Waals surface area contributed by atoms with E-state index in [0.29, 0.717) is 43.4 Å². The van der Waals surface area contributed by atoms with Crippen LogP contribution in [0.4, 0.5) is 11.4 Å². The number of hydrogen-bond acceptors (Lipinski definition) is 5. The summed E-state index contributed by atoms with van der Waals surface area (Å²) >= 11 is 0. The van der Waals surface area contributed by atoms with Crippen LogP contribution in [0.5, 0.6) is 5.75 Å². The highest BCUT2D eigenvalue weighted by Crippen LogP contribution is 2.37. The minimum Gasteiger partial charge on any atom is -0.449 e. The van der Waals surface area contributed by atoms with Crippen LogP contribution < -0.4 is 15.4 Å². The van der Waals surface area contributed by atoms with Crippen molar-refractivity contribution in [1.82, 2.24) is 4.90 Å². The van der Waals surface area contributed by atoms with Gasteiger partial charge in [0.15, 0.2) is 11.5 Å². The number of carbonyl (C=O) groups excluding carboxylic acids is 2. The molecule has 4 rings (SSSR count). The third-order valence-corrected chi connectivity index (χ3v) is 4.71. The summed E-state index contributed by atoms with van der Waals surface area (Å²) < 4.78 is 11.1. The highest BCUT2D eigenvalue weighted by Gasteiger charge is 2.33. The maximum absolute atomic E-state index is 13.1. The molecule has 28 heavy (non-hydrogen) atoms. The number of anilines is 2. The van der Waals surface area contributed by atoms with Crippen molar-refractivity contribution in [1.29, 1.82) is 0 Å². The highest BCUT2D eigenvalue weighted by atomic mass is 16.5. The molecule has 0 aliphatic carbocycles. The molecule has 1 saturated heterocycles. The number of benzene rings is 2. The number of carbonyl (C=O) groups is 2. The van der Waals surface area contributed by atoms with Crippen LogP contribution in [0.15, 0.2) is 54.3 Å². The molecule has 0 spiro atoms. The molecular weight excluding hydrogens is 358 g/mol. The molecular formula is C21H21N3O4. The zero-order chi connectivity index (χ0) is 19.5. The van der Waals surface area contributed by atoms with E-state index in [1.54, 1.807) is 29.2 Å². The van der Waals surface area contributed by atoms with E-state index in [-0.39, 0.29) is 24.1 Å². The molecule has 7 heteroatoms. The quantitative estimate of drug-likeness (QED) is 0.650. The molecule has 0 atom stereocenters. The molecule has 2 amide bonds. The van der Waals surface area contributed by atoms with Crippen LogP contribution >= 0.6 is 0 Å². The summed E-state index contributed by atoms with van der Waals surface area (Å²) in [7, 11) is 0. The second-order valence-corrected chi connectivity index (χ2v) is 6.63. The van der Waals surface area contributed by atoms with Gasteiger partial charge in [0.2, 0.25) is 5.91 Å². The topological polar surface area (TPSA) is 85.1 Å². The summed E-state index contributed by atoms with van der Waals surface area (Å²) in [4.78, 5) is 29.0. The van der Waals surface area contributed by atoms with Crippen molar-refractivity contribution in [2.24, 2.45) is 0 Å². The maximum atomic E-state index is 13.1. The second-order valence-electron chi connectivity index (χ2n) is 6.63. The summed E-state index contributed by atoms with van der Waals surface area (Å²) in [6.45, 7) is 2.01. The molecule has 0 radical (unpaired) electrons. The second kappa shape index (κ2) is 7.74. The van der Waals surface area contributed by atoms with Crippen molar-refractivity contribution in [2.75, 3.05) is 43.5 Å². The van der Waals surface area contributed by atoms with E-state index in [1.165, 1.54) is 4.90 Å². The summed E-state index contributed by atoms with van der Waals surface area (Å²) in [6, 6.07) is 14.5. The minimum atomic E-state index is -0.359. The predicted octanol–water partition coefficient (Wildman–Crippen LogP) is 1.89. The Hall–Kier alpha value is -3.32. The maximum Gasteiger partial charge on any atom is 0.294 e. The predicted molar refractivity (Wildman–Crippen MR) is 106 cm³/mol. The molecule has 0 saturated carbocycles. The molecule has 2 aliphatic heterocycles. The van der Waals surface area contributed by atoms with E-state index in [0.717, 1.165) is 5.56 Å². The van der Waals surface area contributed by atoms with Crippen LogP contribution in [0.25, 0.3) is 6.08 Å². The van der Waals surface area contributed by atoms with Crippen molar-refractivity contribution in [3.63, 3.8) is 0 Å². The first-order valence-electron chi connectivity index (χ1n) is 9.13. The number of ether oxygens (including phenoxy) is 2. The van der Waals surface area contributed by atoms with Gasteiger partial charge in [0, 0.05) is 24.8 Å². The lowest BCUT2D eigenvalue weighted by Gasteiger charge is -2.33. The van der Waals surface area contributed by atoms with Gasteiger partial charge in [-0.3, -0.25) is 14.5 Å². The monoisotopic (exact) mass is 379 g/mol. The van der Waals surface area contributed by atoms with Crippen molar-refractivity contribution < 1.29 is 19.1 Å². The van der Waals surface area contributed by atoms with Crippen LogP contribution in [0, 0.1) is 0 Å². The van der Waals surface area contributed by atoms with Crippen LogP contribution in [-0.2, 0) is 14.3 Å². The van der Waals surface area contributed by atoms with Gasteiger partial charge < -0.3 is 20.1 Å². The number of nitrogens with zero attached hydrogens (tertiary/aromatic N) is 2. The molecule has 144 valence electrons. The van der Waals surface area contributed by atoms with E-state index < -0.39 is 0 Å². The molecule has 2 aromatic rings. The number of hydrogen-bond donors (Lipinski definition) is 1. The average molecular weight is 379 g/mol. The molecule has 0 bridgehead atoms. The summed E-state index contributed by atoms with van der Waals surface area (Å²) in [5.74, 6) is 0.124. The van der Waals surface area contributed by atoms with Gasteiger partial charge in [-0.05, 0) is 23.8 Å². The Morgan fingerprint density at radius 2 is 1.86 bits per heavy atom. The molecule has 0 aromatic heterocycles. The fourth-order valence-electron chi connectivity index (χ4n) is 3.24. The normalized spacial score (nSPS) is 18.0. The first kappa shape index (κ1) is 18.1. The minimum absolute atomic E-state index is 0.0642. The summed E-state index contributed by atoms with van der Waals surface area (Å²) in [5, 5.41) is 0. The SMILES string of the molecule is Nc1ccc2c(c1)O/C(=C/c1ccccc1)C(=O)N2CC(=O)N1CCOCC1. The molecule has 1 fully saturated rings. The molecule has 7 nitrogen and oxygen atoms in total. The van der Waals surface area contributed by atoms with Gasteiger partial charge in [0.1, 0.15) is 6.54 Å². The van der Waals surface area contributed by atoms with Crippen molar-refractivity contribution >= 4 is 29.3 Å². The number of nitrogen functional groups attached to an aromatic ring is 1. The van der Waals surface area contributed by atoms with Crippen LogP contribution in [0.3, 0.4) is 0 Å². The van der Waals surface area contributed by atoms with E-state index in [9.17, 15) is 9.59 Å². The first-order valence-corrected chi connectivity index (χ1v) is 9.13. The van der Waals surface area contributed by atoms with E-state index >= 15 is 0 Å². The number of morpholine rings is 1. The number of rotatable bonds is 3. The van der Waals surface area contributed by atoms with E-state index in [2.05, 4.69) is 0 Å². The van der Waals surface area contributed by atoms with Gasteiger partial charge in [-0.15, -0.1) is 0 Å². The average Bonchev–Trinajstić information content (AvgIpc) is 2.72. The number of amides is 2. The van der Waals surface area contributed by atoms with E-state index in [1.807, 2.05) is 30.3 Å². The molecule has 2 N–H and O–H groups in total. The van der Waals surface area contributed by atoms with Gasteiger partial charge in [0.25, 0.3) is 5.91 Å². The van der Waals surface area contributed by atoms with Gasteiger partial charge in [-0.2, -0.15) is 0 Å². The van der Waals surface area contributed by atoms with Crippen molar-refractivity contribution in [3.8, 4) is 5.75 Å². The zero-order valence-electron chi connectivity index (χ0n) is 15.3. The number of fused-ring (bicyclic) bond motifs is 1. The van der Waals surface area contributed by atoms with Gasteiger partial charge in [-0.25, -0.2) is 0 Å². The highest BCUT2D eigenvalue weighted by molar-refractivity contribution is 6.12. The molecule has 0 unspecified atom stereocenters. The van der Waals surface area contributed by atoms with Crippen LogP contribution in [0.1, 0.15) is 5.56 Å². The number of nitrogens with two attached hydrogens (primary N) is 1. The Labute approximate surface area is 162 Å².